The lowest BCUT2D eigenvalue weighted by Gasteiger charge is -2.05. The van der Waals surface area contributed by atoms with Gasteiger partial charge in [-0.25, -0.2) is 4.79 Å². The van der Waals surface area contributed by atoms with Gasteiger partial charge in [-0.1, -0.05) is 12.1 Å². The first kappa shape index (κ1) is 8.91. The summed E-state index contributed by atoms with van der Waals surface area (Å²) in [6.07, 6.45) is 6.84. The summed E-state index contributed by atoms with van der Waals surface area (Å²) in [7, 11) is 0. The van der Waals surface area contributed by atoms with Crippen molar-refractivity contribution in [3.05, 3.63) is 59.5 Å². The molecule has 0 radical (unpaired) electrons. The molecule has 4 heteroatoms. The highest BCUT2D eigenvalue weighted by molar-refractivity contribution is 5.89. The van der Waals surface area contributed by atoms with E-state index in [2.05, 4.69) is 9.97 Å². The van der Waals surface area contributed by atoms with Crippen LogP contribution in [0.1, 0.15) is 0 Å². The molecular formula is C12H9N3O. The van der Waals surface area contributed by atoms with Gasteiger partial charge >= 0.3 is 5.69 Å². The molecule has 0 fully saturated rings. The van der Waals surface area contributed by atoms with Gasteiger partial charge in [-0.2, -0.15) is 0 Å². The average molecular weight is 211 g/mol. The van der Waals surface area contributed by atoms with Crippen molar-refractivity contribution in [1.29, 1.82) is 0 Å². The second kappa shape index (κ2) is 3.34. The van der Waals surface area contributed by atoms with E-state index in [-0.39, 0.29) is 5.69 Å². The summed E-state index contributed by atoms with van der Waals surface area (Å²) in [5.41, 5.74) is 0.702. The molecule has 2 aromatic heterocycles. The fourth-order valence-corrected chi connectivity index (χ4v) is 1.82. The molecule has 3 aromatic rings. The highest BCUT2D eigenvalue weighted by atomic mass is 16.1. The highest BCUT2D eigenvalue weighted by Gasteiger charge is 2.04. The molecule has 0 aliphatic rings. The van der Waals surface area contributed by atoms with Gasteiger partial charge in [0.1, 0.15) is 0 Å². The van der Waals surface area contributed by atoms with Gasteiger partial charge in [0.05, 0.1) is 5.69 Å². The standard InChI is InChI=1S/C12H9N3O/c16-12-14-6-7-15(12)11-3-1-2-9-4-5-13-8-10(9)11/h1-8H,(H,14,16). The molecule has 0 bridgehead atoms. The Kier molecular flexibility index (Phi) is 1.86. The van der Waals surface area contributed by atoms with Crippen LogP contribution in [-0.4, -0.2) is 14.5 Å². The molecule has 0 amide bonds. The minimum Gasteiger partial charge on any atom is -0.312 e. The molecule has 1 N–H and O–H groups in total. The van der Waals surface area contributed by atoms with E-state index >= 15 is 0 Å². The Morgan fingerprint density at radius 2 is 2.19 bits per heavy atom. The van der Waals surface area contributed by atoms with Crippen LogP contribution in [0.5, 0.6) is 0 Å². The monoisotopic (exact) mass is 211 g/mol. The van der Waals surface area contributed by atoms with E-state index in [4.69, 9.17) is 0 Å². The van der Waals surface area contributed by atoms with Crippen molar-refractivity contribution in [2.24, 2.45) is 0 Å². The van der Waals surface area contributed by atoms with Crippen molar-refractivity contribution in [2.75, 3.05) is 0 Å². The number of hydrogen-bond acceptors (Lipinski definition) is 2. The topological polar surface area (TPSA) is 50.7 Å². The minimum absolute atomic E-state index is 0.142. The van der Waals surface area contributed by atoms with Crippen LogP contribution in [0, 0.1) is 0 Å². The van der Waals surface area contributed by atoms with Crippen molar-refractivity contribution in [3.63, 3.8) is 0 Å². The van der Waals surface area contributed by atoms with Gasteiger partial charge < -0.3 is 4.98 Å². The number of aromatic nitrogens is 3. The fraction of sp³-hybridized carbons (Fsp3) is 0. The third-order valence-corrected chi connectivity index (χ3v) is 2.57. The summed E-state index contributed by atoms with van der Waals surface area (Å²) in [4.78, 5) is 18.3. The zero-order valence-corrected chi connectivity index (χ0v) is 8.42. The Hall–Kier alpha value is -2.36. The lowest BCUT2D eigenvalue weighted by Crippen LogP contribution is -2.14. The van der Waals surface area contributed by atoms with Gasteiger partial charge in [-0.3, -0.25) is 9.55 Å². The fourth-order valence-electron chi connectivity index (χ4n) is 1.82. The maximum Gasteiger partial charge on any atom is 0.330 e. The van der Waals surface area contributed by atoms with Crippen LogP contribution in [-0.2, 0) is 0 Å². The van der Waals surface area contributed by atoms with Crippen molar-refractivity contribution < 1.29 is 0 Å². The number of fused-ring (bicyclic) bond motifs is 1. The minimum atomic E-state index is -0.142. The molecule has 0 spiro atoms. The summed E-state index contributed by atoms with van der Waals surface area (Å²) < 4.78 is 1.57. The predicted octanol–water partition coefficient (Wildman–Crippen LogP) is 1.71. The van der Waals surface area contributed by atoms with Crippen LogP contribution in [0.2, 0.25) is 0 Å². The third kappa shape index (κ3) is 1.24. The zero-order chi connectivity index (χ0) is 11.0. The van der Waals surface area contributed by atoms with Gasteiger partial charge in [0, 0.05) is 30.2 Å². The maximum absolute atomic E-state index is 11.6. The van der Waals surface area contributed by atoms with Gasteiger partial charge in [-0.05, 0) is 17.5 Å². The van der Waals surface area contributed by atoms with Crippen molar-refractivity contribution in [1.82, 2.24) is 14.5 Å². The Balaban J connectivity index is 2.41. The quantitative estimate of drug-likeness (QED) is 0.666. The van der Waals surface area contributed by atoms with Crippen LogP contribution >= 0.6 is 0 Å². The van der Waals surface area contributed by atoms with Gasteiger partial charge in [0.15, 0.2) is 0 Å². The number of nitrogens with zero attached hydrogens (tertiary/aromatic N) is 2. The van der Waals surface area contributed by atoms with E-state index in [1.54, 1.807) is 29.4 Å². The maximum atomic E-state index is 11.6. The summed E-state index contributed by atoms with van der Waals surface area (Å²) in [6, 6.07) is 7.76. The number of pyridine rings is 1. The molecule has 16 heavy (non-hydrogen) atoms. The van der Waals surface area contributed by atoms with Crippen LogP contribution in [0.4, 0.5) is 0 Å². The van der Waals surface area contributed by atoms with Gasteiger partial charge in [0.2, 0.25) is 0 Å². The zero-order valence-electron chi connectivity index (χ0n) is 8.42. The van der Waals surface area contributed by atoms with Crippen LogP contribution in [0.15, 0.2) is 53.8 Å². The molecule has 0 atom stereocenters. The molecule has 0 saturated heterocycles. The van der Waals surface area contributed by atoms with Gasteiger partial charge in [0.25, 0.3) is 0 Å². The average Bonchev–Trinajstić information content (AvgIpc) is 2.75. The molecule has 3 rings (SSSR count). The molecule has 0 saturated carbocycles. The number of benzene rings is 1. The predicted molar refractivity (Wildman–Crippen MR) is 61.7 cm³/mol. The Bertz CT molecular complexity index is 691. The first-order chi connectivity index (χ1) is 7.86. The van der Waals surface area contributed by atoms with E-state index < -0.39 is 0 Å². The third-order valence-electron chi connectivity index (χ3n) is 2.57. The van der Waals surface area contributed by atoms with E-state index in [1.807, 2.05) is 24.3 Å². The molecular weight excluding hydrogens is 202 g/mol. The number of hydrogen-bond donors (Lipinski definition) is 1. The van der Waals surface area contributed by atoms with Crippen LogP contribution in [0.3, 0.4) is 0 Å². The van der Waals surface area contributed by atoms with Gasteiger partial charge in [-0.15, -0.1) is 0 Å². The number of imidazole rings is 1. The molecule has 4 nitrogen and oxygen atoms in total. The van der Waals surface area contributed by atoms with E-state index in [0.717, 1.165) is 16.5 Å². The molecule has 0 aliphatic heterocycles. The molecule has 1 aromatic carbocycles. The molecule has 78 valence electrons. The van der Waals surface area contributed by atoms with Crippen molar-refractivity contribution >= 4 is 10.8 Å². The second-order valence-corrected chi connectivity index (χ2v) is 3.51. The number of nitrogens with one attached hydrogen (secondary N) is 1. The van der Waals surface area contributed by atoms with Crippen molar-refractivity contribution in [2.45, 2.75) is 0 Å². The van der Waals surface area contributed by atoms with E-state index in [0.29, 0.717) is 0 Å². The normalized spacial score (nSPS) is 10.8. The summed E-state index contributed by atoms with van der Waals surface area (Å²) in [5, 5.41) is 2.03. The second-order valence-electron chi connectivity index (χ2n) is 3.51. The Morgan fingerprint density at radius 3 is 3.00 bits per heavy atom. The van der Waals surface area contributed by atoms with Crippen LogP contribution < -0.4 is 5.69 Å². The molecule has 2 heterocycles. The first-order valence-electron chi connectivity index (χ1n) is 4.95. The van der Waals surface area contributed by atoms with E-state index in [1.165, 1.54) is 0 Å². The van der Waals surface area contributed by atoms with Crippen LogP contribution in [0.25, 0.3) is 16.5 Å². The highest BCUT2D eigenvalue weighted by Crippen LogP contribution is 2.19. The largest absolute Gasteiger partial charge is 0.330 e. The first-order valence-corrected chi connectivity index (χ1v) is 4.95. The van der Waals surface area contributed by atoms with E-state index in [9.17, 15) is 4.79 Å². The number of H-pyrrole nitrogens is 1. The summed E-state index contributed by atoms with van der Waals surface area (Å²) in [6.45, 7) is 0. The van der Waals surface area contributed by atoms with Crippen molar-refractivity contribution in [3.8, 4) is 5.69 Å². The Morgan fingerprint density at radius 1 is 1.25 bits per heavy atom. The summed E-state index contributed by atoms with van der Waals surface area (Å²) in [5.74, 6) is 0. The smallest absolute Gasteiger partial charge is 0.312 e. The molecule has 0 aliphatic carbocycles. The molecule has 0 unspecified atom stereocenters. The number of aromatic amines is 1. The number of rotatable bonds is 1. The summed E-state index contributed by atoms with van der Waals surface area (Å²) >= 11 is 0. The Labute approximate surface area is 91.2 Å². The SMILES string of the molecule is O=c1[nH]ccn1-c1cccc2ccncc12. The lowest BCUT2D eigenvalue weighted by molar-refractivity contribution is 0.995. The lowest BCUT2D eigenvalue weighted by atomic mass is 10.1.